The average Bonchev–Trinajstić information content (AvgIpc) is 2.18. The molecule has 0 bridgehead atoms. The zero-order valence-electron chi connectivity index (χ0n) is 10.5. The first kappa shape index (κ1) is 14.5. The molecule has 0 aliphatic heterocycles. The quantitative estimate of drug-likeness (QED) is 0.829. The van der Waals surface area contributed by atoms with Gasteiger partial charge < -0.3 is 10.4 Å². The number of carbonyl (C=O) groups is 2. The Bertz CT molecular complexity index is 448. The van der Waals surface area contributed by atoms with E-state index in [4.69, 9.17) is 16.7 Å². The molecule has 1 rings (SSSR count). The van der Waals surface area contributed by atoms with Gasteiger partial charge in [0, 0.05) is 10.7 Å². The number of rotatable bonds is 3. The SMILES string of the molecule is CC(C)(C)C(C(=O)O)C(=O)Nc1ccc(Cl)cc1. The molecule has 1 unspecified atom stereocenters. The number of aliphatic carboxylic acids is 1. The third-order valence-corrected chi connectivity index (χ3v) is 2.74. The summed E-state index contributed by atoms with van der Waals surface area (Å²) in [4.78, 5) is 23.1. The van der Waals surface area contributed by atoms with Crippen LogP contribution < -0.4 is 5.32 Å². The van der Waals surface area contributed by atoms with Crippen LogP contribution in [0.5, 0.6) is 0 Å². The van der Waals surface area contributed by atoms with Crippen molar-refractivity contribution >= 4 is 29.2 Å². The van der Waals surface area contributed by atoms with Crippen LogP contribution >= 0.6 is 11.6 Å². The lowest BCUT2D eigenvalue weighted by atomic mass is 9.80. The molecule has 0 aliphatic rings. The molecule has 0 saturated heterocycles. The predicted molar refractivity (Wildman–Crippen MR) is 70.7 cm³/mol. The minimum absolute atomic E-state index is 0.528. The fourth-order valence-electron chi connectivity index (χ4n) is 1.62. The molecule has 1 atom stereocenters. The van der Waals surface area contributed by atoms with E-state index in [9.17, 15) is 9.59 Å². The minimum Gasteiger partial charge on any atom is -0.481 e. The lowest BCUT2D eigenvalue weighted by Crippen LogP contribution is -2.39. The van der Waals surface area contributed by atoms with Gasteiger partial charge in [0.15, 0.2) is 0 Å². The first-order chi connectivity index (χ1) is 8.21. The highest BCUT2D eigenvalue weighted by molar-refractivity contribution is 6.30. The summed E-state index contributed by atoms with van der Waals surface area (Å²) in [6.07, 6.45) is 0. The average molecular weight is 270 g/mol. The normalized spacial score (nSPS) is 12.9. The van der Waals surface area contributed by atoms with Crippen LogP contribution in [-0.2, 0) is 9.59 Å². The fourth-order valence-corrected chi connectivity index (χ4v) is 1.75. The van der Waals surface area contributed by atoms with Gasteiger partial charge in [-0.1, -0.05) is 32.4 Å². The summed E-state index contributed by atoms with van der Waals surface area (Å²) >= 11 is 5.73. The van der Waals surface area contributed by atoms with Crippen molar-refractivity contribution in [1.82, 2.24) is 0 Å². The zero-order chi connectivity index (χ0) is 13.9. The van der Waals surface area contributed by atoms with Crippen LogP contribution in [-0.4, -0.2) is 17.0 Å². The van der Waals surface area contributed by atoms with Crippen molar-refractivity contribution in [3.8, 4) is 0 Å². The fraction of sp³-hybridized carbons (Fsp3) is 0.385. The van der Waals surface area contributed by atoms with E-state index in [1.165, 1.54) is 0 Å². The summed E-state index contributed by atoms with van der Waals surface area (Å²) < 4.78 is 0. The van der Waals surface area contributed by atoms with Crippen LogP contribution in [0.3, 0.4) is 0 Å². The van der Waals surface area contributed by atoms with Crippen molar-refractivity contribution in [1.29, 1.82) is 0 Å². The van der Waals surface area contributed by atoms with Gasteiger partial charge in [-0.05, 0) is 29.7 Å². The highest BCUT2D eigenvalue weighted by Crippen LogP contribution is 2.27. The molecule has 98 valence electrons. The summed E-state index contributed by atoms with van der Waals surface area (Å²) in [5, 5.41) is 12.3. The predicted octanol–water partition coefficient (Wildman–Crippen LogP) is 3.03. The number of hydrogen-bond donors (Lipinski definition) is 2. The maximum atomic E-state index is 12.0. The van der Waals surface area contributed by atoms with E-state index >= 15 is 0 Å². The van der Waals surface area contributed by atoms with Crippen molar-refractivity contribution in [3.05, 3.63) is 29.3 Å². The van der Waals surface area contributed by atoms with Gasteiger partial charge in [0.1, 0.15) is 5.92 Å². The van der Waals surface area contributed by atoms with Crippen LogP contribution in [0.4, 0.5) is 5.69 Å². The van der Waals surface area contributed by atoms with Crippen LogP contribution in [0.15, 0.2) is 24.3 Å². The van der Waals surface area contributed by atoms with Gasteiger partial charge >= 0.3 is 5.97 Å². The highest BCUT2D eigenvalue weighted by Gasteiger charge is 2.37. The second-order valence-corrected chi connectivity index (χ2v) is 5.57. The van der Waals surface area contributed by atoms with Crippen LogP contribution in [0.1, 0.15) is 20.8 Å². The number of carboxylic acids is 1. The Morgan fingerprint density at radius 3 is 2.11 bits per heavy atom. The molecule has 0 fully saturated rings. The van der Waals surface area contributed by atoms with Gasteiger partial charge in [-0.15, -0.1) is 0 Å². The Morgan fingerprint density at radius 1 is 1.22 bits per heavy atom. The van der Waals surface area contributed by atoms with Gasteiger partial charge in [0.2, 0.25) is 5.91 Å². The van der Waals surface area contributed by atoms with Crippen LogP contribution in [0.25, 0.3) is 0 Å². The topological polar surface area (TPSA) is 66.4 Å². The highest BCUT2D eigenvalue weighted by atomic mass is 35.5. The zero-order valence-corrected chi connectivity index (χ0v) is 11.3. The van der Waals surface area contributed by atoms with E-state index in [0.29, 0.717) is 10.7 Å². The van der Waals surface area contributed by atoms with Gasteiger partial charge in [-0.3, -0.25) is 9.59 Å². The van der Waals surface area contributed by atoms with E-state index in [1.807, 2.05) is 0 Å². The number of anilines is 1. The number of amides is 1. The molecular weight excluding hydrogens is 254 g/mol. The Labute approximate surface area is 111 Å². The Hall–Kier alpha value is -1.55. The minimum atomic E-state index is -1.13. The molecule has 0 aliphatic carbocycles. The van der Waals surface area contributed by atoms with E-state index in [0.717, 1.165) is 0 Å². The van der Waals surface area contributed by atoms with Crippen molar-refractivity contribution < 1.29 is 14.7 Å². The Morgan fingerprint density at radius 2 is 1.72 bits per heavy atom. The molecule has 5 heteroatoms. The largest absolute Gasteiger partial charge is 0.481 e. The Kier molecular flexibility index (Phi) is 4.35. The molecule has 1 aromatic carbocycles. The van der Waals surface area contributed by atoms with Gasteiger partial charge in [-0.2, -0.15) is 0 Å². The molecule has 0 spiro atoms. The van der Waals surface area contributed by atoms with Crippen molar-refractivity contribution in [2.45, 2.75) is 20.8 Å². The number of hydrogen-bond acceptors (Lipinski definition) is 2. The van der Waals surface area contributed by atoms with Crippen molar-refractivity contribution in [2.75, 3.05) is 5.32 Å². The molecule has 1 aromatic rings. The molecule has 2 N–H and O–H groups in total. The molecular formula is C13H16ClNO3. The number of halogens is 1. The number of carbonyl (C=O) groups excluding carboxylic acids is 1. The molecule has 0 radical (unpaired) electrons. The van der Waals surface area contributed by atoms with Crippen molar-refractivity contribution in [3.63, 3.8) is 0 Å². The van der Waals surface area contributed by atoms with Crippen LogP contribution in [0.2, 0.25) is 5.02 Å². The van der Waals surface area contributed by atoms with Gasteiger partial charge in [0.25, 0.3) is 0 Å². The van der Waals surface area contributed by atoms with Gasteiger partial charge in [0.05, 0.1) is 0 Å². The van der Waals surface area contributed by atoms with Crippen molar-refractivity contribution in [2.24, 2.45) is 11.3 Å². The summed E-state index contributed by atoms with van der Waals surface area (Å²) in [5.74, 6) is -2.76. The maximum Gasteiger partial charge on any atom is 0.316 e. The molecule has 0 heterocycles. The lowest BCUT2D eigenvalue weighted by molar-refractivity contribution is -0.149. The van der Waals surface area contributed by atoms with E-state index in [2.05, 4.69) is 5.32 Å². The molecule has 1 amide bonds. The van der Waals surface area contributed by atoms with Crippen LogP contribution in [0, 0.1) is 11.3 Å². The number of benzene rings is 1. The van der Waals surface area contributed by atoms with E-state index < -0.39 is 23.2 Å². The monoisotopic (exact) mass is 269 g/mol. The Balaban J connectivity index is 2.86. The maximum absolute atomic E-state index is 12.0. The summed E-state index contributed by atoms with van der Waals surface area (Å²) in [6.45, 7) is 5.15. The standard InChI is InChI=1S/C13H16ClNO3/c1-13(2,3)10(12(17)18)11(16)15-9-6-4-8(14)5-7-9/h4-7,10H,1-3H3,(H,15,16)(H,17,18). The summed E-state index contributed by atoms with van der Waals surface area (Å²) in [6, 6.07) is 6.51. The first-order valence-corrected chi connectivity index (χ1v) is 5.89. The number of nitrogens with one attached hydrogen (secondary N) is 1. The molecule has 0 saturated carbocycles. The molecule has 0 aromatic heterocycles. The smallest absolute Gasteiger partial charge is 0.316 e. The third kappa shape index (κ3) is 3.74. The molecule has 18 heavy (non-hydrogen) atoms. The number of carboxylic acid groups (broad SMARTS) is 1. The van der Waals surface area contributed by atoms with Gasteiger partial charge in [-0.25, -0.2) is 0 Å². The van der Waals surface area contributed by atoms with E-state index in [-0.39, 0.29) is 0 Å². The van der Waals surface area contributed by atoms with E-state index in [1.54, 1.807) is 45.0 Å². The third-order valence-electron chi connectivity index (χ3n) is 2.49. The second-order valence-electron chi connectivity index (χ2n) is 5.13. The second kappa shape index (κ2) is 5.40. The molecule has 4 nitrogen and oxygen atoms in total. The summed E-state index contributed by atoms with van der Waals surface area (Å²) in [7, 11) is 0. The summed E-state index contributed by atoms with van der Waals surface area (Å²) in [5.41, 5.74) is -0.123. The lowest BCUT2D eigenvalue weighted by Gasteiger charge is -2.25. The first-order valence-electron chi connectivity index (χ1n) is 5.51.